The van der Waals surface area contributed by atoms with Crippen molar-refractivity contribution in [2.45, 2.75) is 81.7 Å². The molecule has 0 radical (unpaired) electrons. The Morgan fingerprint density at radius 1 is 0.590 bits per heavy atom. The van der Waals surface area contributed by atoms with Crippen molar-refractivity contribution >= 4 is 32.7 Å². The summed E-state index contributed by atoms with van der Waals surface area (Å²) in [5.74, 6) is 0. The van der Waals surface area contributed by atoms with Gasteiger partial charge in [0, 0.05) is 0 Å². The van der Waals surface area contributed by atoms with Gasteiger partial charge in [-0.1, -0.05) is 0 Å². The molecule has 0 saturated heterocycles. The van der Waals surface area contributed by atoms with Gasteiger partial charge in [0.05, 0.1) is 0 Å². The molecule has 0 N–H and O–H groups in total. The van der Waals surface area contributed by atoms with Crippen molar-refractivity contribution in [3.8, 4) is 0 Å². The molecule has 1 heteroatoms. The van der Waals surface area contributed by atoms with Crippen LogP contribution in [0.1, 0.15) is 95.7 Å². The fourth-order valence-corrected chi connectivity index (χ4v) is 27.8. The van der Waals surface area contributed by atoms with Crippen molar-refractivity contribution in [2.24, 2.45) is 0 Å². The zero-order valence-electron chi connectivity index (χ0n) is 24.2. The third-order valence-corrected chi connectivity index (χ3v) is 26.4. The first-order valence-electron chi connectivity index (χ1n) is 15.5. The molecular weight excluding hydrogens is 548 g/mol. The third-order valence-electron chi connectivity index (χ3n) is 10.7. The minimum absolute atomic E-state index is 0.698. The van der Waals surface area contributed by atoms with Gasteiger partial charge in [0.1, 0.15) is 0 Å². The van der Waals surface area contributed by atoms with E-state index in [2.05, 4.69) is 100 Å². The Bertz CT molecular complexity index is 1540. The van der Waals surface area contributed by atoms with Gasteiger partial charge in [-0.2, -0.15) is 0 Å². The minimum atomic E-state index is -3.03. The van der Waals surface area contributed by atoms with Gasteiger partial charge < -0.3 is 0 Å². The summed E-state index contributed by atoms with van der Waals surface area (Å²) in [4.78, 5) is 0. The van der Waals surface area contributed by atoms with Gasteiger partial charge in [-0.05, 0) is 0 Å². The molecule has 7 rings (SSSR count). The maximum atomic E-state index is 2.58. The summed E-state index contributed by atoms with van der Waals surface area (Å²) >= 11 is -3.03. The van der Waals surface area contributed by atoms with Crippen LogP contribution in [0.25, 0.3) is 32.7 Å². The number of allylic oxidation sites excluding steroid dienone is 4. The van der Waals surface area contributed by atoms with Crippen molar-refractivity contribution in [1.82, 2.24) is 0 Å². The van der Waals surface area contributed by atoms with Gasteiger partial charge in [0.25, 0.3) is 0 Å². The Labute approximate surface area is 239 Å². The predicted octanol–water partition coefficient (Wildman–Crippen LogP) is 11.7. The van der Waals surface area contributed by atoms with Gasteiger partial charge in [-0.25, -0.2) is 0 Å². The van der Waals surface area contributed by atoms with Crippen LogP contribution in [0.4, 0.5) is 0 Å². The third kappa shape index (κ3) is 3.71. The van der Waals surface area contributed by atoms with Crippen molar-refractivity contribution in [3.63, 3.8) is 0 Å². The molecular formula is C38H42Zr. The van der Waals surface area contributed by atoms with Crippen LogP contribution in [0.3, 0.4) is 0 Å². The van der Waals surface area contributed by atoms with E-state index in [1.807, 2.05) is 0 Å². The molecule has 0 spiro atoms. The summed E-state index contributed by atoms with van der Waals surface area (Å²) in [5.41, 5.74) is 13.7. The zero-order valence-corrected chi connectivity index (χ0v) is 26.7. The Morgan fingerprint density at radius 2 is 1.03 bits per heavy atom. The molecule has 0 nitrogen and oxygen atoms in total. The quantitative estimate of drug-likeness (QED) is 0.210. The van der Waals surface area contributed by atoms with Gasteiger partial charge in [0.2, 0.25) is 0 Å². The molecule has 198 valence electrons. The van der Waals surface area contributed by atoms with Crippen molar-refractivity contribution in [2.75, 3.05) is 0 Å². The standard InChI is InChI=1S/C30H24.2C4H9.Zr/c1-19-17-23-13-11-21-7-3-5-9-27(21)29(23)25(19)15-16-26-20(2)18-24-14-12-22-8-4-6-10-28(22)30(24)26;2*1-3-4-2;/h3-14,17-18H,15-16H2,1-2H3;2*1,3-4H2,2H3;. The van der Waals surface area contributed by atoms with Crippen LogP contribution >= 0.6 is 0 Å². The number of hydrogen-bond donors (Lipinski definition) is 0. The summed E-state index contributed by atoms with van der Waals surface area (Å²) in [5, 5.41) is 5.82. The van der Waals surface area contributed by atoms with Gasteiger partial charge in [0.15, 0.2) is 0 Å². The molecule has 2 unspecified atom stereocenters. The van der Waals surface area contributed by atoms with E-state index in [1.54, 1.807) is 44.5 Å². The monoisotopic (exact) mass is 588 g/mol. The predicted molar refractivity (Wildman–Crippen MR) is 167 cm³/mol. The fourth-order valence-electron chi connectivity index (χ4n) is 9.20. The topological polar surface area (TPSA) is 0 Å². The molecule has 4 bridgehead atoms. The first-order valence-corrected chi connectivity index (χ1v) is 21.9. The second-order valence-corrected chi connectivity index (χ2v) is 24.0. The Balaban J connectivity index is 1.56. The first-order chi connectivity index (χ1) is 19.1. The van der Waals surface area contributed by atoms with Gasteiger partial charge in [-0.3, -0.25) is 0 Å². The van der Waals surface area contributed by atoms with E-state index in [1.165, 1.54) is 68.3 Å². The van der Waals surface area contributed by atoms with E-state index in [0.717, 1.165) is 0 Å². The molecule has 1 aliphatic heterocycles. The van der Waals surface area contributed by atoms with Crippen LogP contribution in [-0.2, 0) is 20.3 Å². The average molecular weight is 590 g/mol. The van der Waals surface area contributed by atoms with Crippen molar-refractivity contribution < 1.29 is 20.3 Å². The fraction of sp³-hybridized carbons (Fsp3) is 0.368. The molecule has 0 saturated carbocycles. The summed E-state index contributed by atoms with van der Waals surface area (Å²) < 4.78 is 4.41. The number of hydrogen-bond acceptors (Lipinski definition) is 0. The normalized spacial score (nSPS) is 21.2. The summed E-state index contributed by atoms with van der Waals surface area (Å²) in [6.45, 7) is 9.98. The zero-order chi connectivity index (χ0) is 26.7. The van der Waals surface area contributed by atoms with E-state index in [0.29, 0.717) is 7.25 Å². The average Bonchev–Trinajstić information content (AvgIpc) is 3.43. The molecule has 0 fully saturated rings. The maximum absolute atomic E-state index is 3.03. The van der Waals surface area contributed by atoms with Gasteiger partial charge >= 0.3 is 241 Å². The summed E-state index contributed by atoms with van der Waals surface area (Å²) in [7, 11) is 0. The molecule has 2 atom stereocenters. The van der Waals surface area contributed by atoms with Crippen LogP contribution in [0.15, 0.2) is 83.9 Å². The van der Waals surface area contributed by atoms with E-state index in [4.69, 9.17) is 0 Å². The molecule has 2 aliphatic carbocycles. The second-order valence-electron chi connectivity index (χ2n) is 12.6. The SMILES string of the molecule is CCC[CH2][Zr]1([CH2]CCC)[CH]2C(C)=C(CCC3=C(C)[CH]1c1ccc4ccccc4c13)c1c2ccc2ccccc12. The molecule has 39 heavy (non-hydrogen) atoms. The second kappa shape index (κ2) is 9.99. The van der Waals surface area contributed by atoms with Crippen LogP contribution in [-0.4, -0.2) is 0 Å². The van der Waals surface area contributed by atoms with Crippen LogP contribution in [0.5, 0.6) is 0 Å². The molecule has 3 aliphatic rings. The number of unbranched alkanes of at least 4 members (excludes halogenated alkanes) is 2. The molecule has 4 aromatic rings. The Hall–Kier alpha value is -2.24. The van der Waals surface area contributed by atoms with Crippen LogP contribution in [0.2, 0.25) is 8.26 Å². The Kier molecular flexibility index (Phi) is 6.59. The number of fused-ring (bicyclic) bond motifs is 12. The van der Waals surface area contributed by atoms with Crippen LogP contribution in [0, 0.1) is 0 Å². The van der Waals surface area contributed by atoms with Gasteiger partial charge in [-0.15, -0.1) is 0 Å². The van der Waals surface area contributed by atoms with E-state index >= 15 is 0 Å². The molecule has 0 aromatic heterocycles. The van der Waals surface area contributed by atoms with Crippen molar-refractivity contribution in [3.05, 3.63) is 106 Å². The molecule has 0 amide bonds. The van der Waals surface area contributed by atoms with E-state index < -0.39 is 20.3 Å². The molecule has 1 heterocycles. The van der Waals surface area contributed by atoms with E-state index in [9.17, 15) is 0 Å². The number of rotatable bonds is 6. The Morgan fingerprint density at radius 3 is 1.46 bits per heavy atom. The number of benzene rings is 4. The summed E-state index contributed by atoms with van der Waals surface area (Å²) in [6, 6.07) is 28.5. The molecule has 4 aromatic carbocycles. The van der Waals surface area contributed by atoms with Crippen molar-refractivity contribution in [1.29, 1.82) is 0 Å². The van der Waals surface area contributed by atoms with Crippen LogP contribution < -0.4 is 0 Å². The first kappa shape index (κ1) is 25.7. The van der Waals surface area contributed by atoms with E-state index in [-0.39, 0.29) is 0 Å². The summed E-state index contributed by atoms with van der Waals surface area (Å²) in [6.07, 6.45) is 7.76.